The second-order valence-corrected chi connectivity index (χ2v) is 2.96. The van der Waals surface area contributed by atoms with E-state index in [-0.39, 0.29) is 5.62 Å². The first-order chi connectivity index (χ1) is 2.27. The second-order valence-electron chi connectivity index (χ2n) is 0.747. The zero-order valence-corrected chi connectivity index (χ0v) is 4.59. The first-order valence-corrected chi connectivity index (χ1v) is 3.64. The van der Waals surface area contributed by atoms with Gasteiger partial charge in [-0.3, -0.25) is 0 Å². The smallest absolute Gasteiger partial charge is 0.0737 e. The van der Waals surface area contributed by atoms with E-state index in [4.69, 9.17) is 11.6 Å². The molecule has 3 heteroatoms. The molecular formula is C2H5ClOP+. The summed E-state index contributed by atoms with van der Waals surface area (Å²) < 4.78 is 9.83. The van der Waals surface area contributed by atoms with Crippen LogP contribution < -0.4 is 0 Å². The fourth-order valence-corrected chi connectivity index (χ4v) is 0. The van der Waals surface area contributed by atoms with E-state index in [9.17, 15) is 4.57 Å². The van der Waals surface area contributed by atoms with Gasteiger partial charge in [0.2, 0.25) is 5.62 Å². The van der Waals surface area contributed by atoms with Crippen molar-refractivity contribution in [3.05, 3.63) is 0 Å². The average Bonchev–Trinajstić information content (AvgIpc) is 1.38. The van der Waals surface area contributed by atoms with Crippen molar-refractivity contribution < 1.29 is 4.57 Å². The van der Waals surface area contributed by atoms with Crippen molar-refractivity contribution in [2.75, 3.05) is 12.3 Å². The molecule has 0 fully saturated rings. The van der Waals surface area contributed by atoms with Crippen LogP contribution in [0.2, 0.25) is 0 Å². The molecule has 0 heterocycles. The molecule has 0 aromatic rings. The molecule has 5 heavy (non-hydrogen) atoms. The van der Waals surface area contributed by atoms with Crippen LogP contribution in [0.4, 0.5) is 0 Å². The molecule has 0 aromatic carbocycles. The number of alkyl halides is 1. The Bertz CT molecular complexity index is 44.9. The third-order valence-corrected chi connectivity index (χ3v) is 1.51. The van der Waals surface area contributed by atoms with Crippen LogP contribution in [0, 0.1) is 0 Å². The zero-order chi connectivity index (χ0) is 4.28. The number of halogens is 1. The van der Waals surface area contributed by atoms with Gasteiger partial charge in [0.1, 0.15) is 6.66 Å². The summed E-state index contributed by atoms with van der Waals surface area (Å²) in [6, 6.07) is 0. The first-order valence-electron chi connectivity index (χ1n) is 1.21. The molecule has 0 spiro atoms. The largest absolute Gasteiger partial charge is 0.351 e. The summed E-state index contributed by atoms with van der Waals surface area (Å²) in [5.41, 5.74) is 0.287. The summed E-state index contributed by atoms with van der Waals surface area (Å²) in [4.78, 5) is 0. The summed E-state index contributed by atoms with van der Waals surface area (Å²) >= 11 is 5.05. The zero-order valence-electron chi connectivity index (χ0n) is 2.94. The monoisotopic (exact) mass is 111 g/mol. The van der Waals surface area contributed by atoms with Gasteiger partial charge in [0, 0.05) is 0 Å². The maximum atomic E-state index is 9.83. The first kappa shape index (κ1) is 5.39. The van der Waals surface area contributed by atoms with Crippen molar-refractivity contribution in [1.82, 2.24) is 0 Å². The van der Waals surface area contributed by atoms with Gasteiger partial charge < -0.3 is 0 Å². The van der Waals surface area contributed by atoms with Crippen molar-refractivity contribution >= 4 is 19.4 Å². The van der Waals surface area contributed by atoms with Gasteiger partial charge in [-0.15, -0.1) is 0 Å². The summed E-state index contributed by atoms with van der Waals surface area (Å²) in [7, 11) is -1.08. The van der Waals surface area contributed by atoms with Crippen molar-refractivity contribution in [2.24, 2.45) is 0 Å². The predicted molar refractivity (Wildman–Crippen MR) is 24.3 cm³/mol. The molecule has 0 aromatic heterocycles. The minimum Gasteiger partial charge on any atom is -0.0737 e. The molecule has 0 saturated heterocycles. The van der Waals surface area contributed by atoms with Crippen molar-refractivity contribution in [3.63, 3.8) is 0 Å². The third-order valence-electron chi connectivity index (χ3n) is 0.168. The predicted octanol–water partition coefficient (Wildman–Crippen LogP) is 1.64. The van der Waals surface area contributed by atoms with Gasteiger partial charge in [-0.1, -0.05) is 16.2 Å². The van der Waals surface area contributed by atoms with Crippen LogP contribution in [0.5, 0.6) is 0 Å². The lowest BCUT2D eigenvalue weighted by Gasteiger charge is -1.53. The van der Waals surface area contributed by atoms with Crippen molar-refractivity contribution in [2.45, 2.75) is 0 Å². The minimum absolute atomic E-state index is 0.287. The lowest BCUT2D eigenvalue weighted by atomic mass is 11.9. The highest BCUT2D eigenvalue weighted by molar-refractivity contribution is 7.45. The summed E-state index contributed by atoms with van der Waals surface area (Å²) in [5, 5.41) is 0. The number of hydrogen-bond acceptors (Lipinski definition) is 1. The topological polar surface area (TPSA) is 17.1 Å². The highest BCUT2D eigenvalue weighted by atomic mass is 35.5. The van der Waals surface area contributed by atoms with Gasteiger partial charge in [-0.2, -0.15) is 0 Å². The van der Waals surface area contributed by atoms with E-state index in [1.165, 1.54) is 0 Å². The standard InChI is InChI=1S/C2H5ClOP/c1-5(4)2-3/h2H2,1H3/q+1. The number of rotatable bonds is 1. The normalized spacial score (nSPS) is 11.2. The van der Waals surface area contributed by atoms with Crippen LogP contribution in [0.3, 0.4) is 0 Å². The number of hydrogen-bond donors (Lipinski definition) is 0. The van der Waals surface area contributed by atoms with E-state index in [0.29, 0.717) is 0 Å². The van der Waals surface area contributed by atoms with E-state index in [1.54, 1.807) is 6.66 Å². The lowest BCUT2D eigenvalue weighted by molar-refractivity contribution is 0.593. The van der Waals surface area contributed by atoms with Crippen LogP contribution in [-0.2, 0) is 4.57 Å². The Hall–Kier alpha value is 0.390. The fourth-order valence-electron chi connectivity index (χ4n) is 0. The van der Waals surface area contributed by atoms with Crippen molar-refractivity contribution in [3.8, 4) is 0 Å². The third kappa shape index (κ3) is 4.39. The minimum atomic E-state index is -1.08. The van der Waals surface area contributed by atoms with E-state index < -0.39 is 7.80 Å². The Kier molecular flexibility index (Phi) is 2.82. The van der Waals surface area contributed by atoms with Crippen molar-refractivity contribution in [1.29, 1.82) is 0 Å². The van der Waals surface area contributed by atoms with Gasteiger partial charge in [-0.25, -0.2) is 0 Å². The van der Waals surface area contributed by atoms with Gasteiger partial charge in [0.25, 0.3) is 0 Å². The quantitative estimate of drug-likeness (QED) is 0.371. The molecule has 1 atom stereocenters. The van der Waals surface area contributed by atoms with Gasteiger partial charge >= 0.3 is 7.80 Å². The average molecular weight is 111 g/mol. The van der Waals surface area contributed by atoms with Gasteiger partial charge in [0.15, 0.2) is 0 Å². The molecule has 0 aliphatic rings. The van der Waals surface area contributed by atoms with Crippen LogP contribution >= 0.6 is 19.4 Å². The molecule has 30 valence electrons. The molecule has 0 N–H and O–H groups in total. The Balaban J connectivity index is 2.85. The van der Waals surface area contributed by atoms with Gasteiger partial charge in [0.05, 0.1) is 0 Å². The fraction of sp³-hybridized carbons (Fsp3) is 1.00. The van der Waals surface area contributed by atoms with Crippen LogP contribution in [0.1, 0.15) is 0 Å². The highest BCUT2D eigenvalue weighted by Gasteiger charge is 1.95. The van der Waals surface area contributed by atoms with E-state index in [1.807, 2.05) is 0 Å². The van der Waals surface area contributed by atoms with E-state index in [2.05, 4.69) is 0 Å². The maximum Gasteiger partial charge on any atom is 0.351 e. The molecule has 0 aliphatic carbocycles. The Morgan fingerprint density at radius 2 is 2.20 bits per heavy atom. The molecular weight excluding hydrogens is 106 g/mol. The summed E-state index contributed by atoms with van der Waals surface area (Å²) in [5.74, 6) is 0. The SMILES string of the molecule is C[P+](=O)CCl. The summed E-state index contributed by atoms with van der Waals surface area (Å²) in [6.45, 7) is 1.60. The Morgan fingerprint density at radius 1 is 2.00 bits per heavy atom. The molecule has 0 amide bonds. The van der Waals surface area contributed by atoms with Crippen LogP contribution in [0.25, 0.3) is 0 Å². The molecule has 0 radical (unpaired) electrons. The van der Waals surface area contributed by atoms with E-state index >= 15 is 0 Å². The summed E-state index contributed by atoms with van der Waals surface area (Å²) in [6.07, 6.45) is 0. The lowest BCUT2D eigenvalue weighted by Crippen LogP contribution is -1.49. The Labute approximate surface area is 37.1 Å². The molecule has 0 bridgehead atoms. The Morgan fingerprint density at radius 3 is 2.20 bits per heavy atom. The second kappa shape index (κ2) is 2.62. The molecule has 0 aliphatic heterocycles. The van der Waals surface area contributed by atoms with Gasteiger partial charge in [-0.05, 0) is 0 Å². The molecule has 1 nitrogen and oxygen atoms in total. The molecule has 1 unspecified atom stereocenters. The van der Waals surface area contributed by atoms with Crippen LogP contribution in [0.15, 0.2) is 0 Å². The highest BCUT2D eigenvalue weighted by Crippen LogP contribution is 2.13. The van der Waals surface area contributed by atoms with Crippen LogP contribution in [-0.4, -0.2) is 12.3 Å². The molecule has 0 rings (SSSR count). The molecule has 0 saturated carbocycles. The van der Waals surface area contributed by atoms with E-state index in [0.717, 1.165) is 0 Å². The maximum absolute atomic E-state index is 9.83.